The van der Waals surface area contributed by atoms with Crippen LogP contribution in [0.4, 0.5) is 0 Å². The number of carbonyl (C=O) groups is 1. The zero-order valence-corrected chi connectivity index (χ0v) is 49.0. The molecule has 0 fully saturated rings. The van der Waals surface area contributed by atoms with E-state index in [1.54, 1.807) is 24.3 Å². The van der Waals surface area contributed by atoms with Gasteiger partial charge in [0.25, 0.3) is 6.47 Å². The number of nitrogens with zero attached hydrogens (tertiary/aromatic N) is 6. The van der Waals surface area contributed by atoms with E-state index in [1.807, 2.05) is 13.8 Å². The Morgan fingerprint density at radius 2 is 0.812 bits per heavy atom. The van der Waals surface area contributed by atoms with Crippen molar-refractivity contribution in [2.75, 3.05) is 7.11 Å². The van der Waals surface area contributed by atoms with Gasteiger partial charge in [-0.1, -0.05) is 84.8 Å². The molecule has 2 N–H and O–H groups in total. The van der Waals surface area contributed by atoms with Gasteiger partial charge in [-0.2, -0.15) is 0 Å². The molecule has 0 aliphatic carbocycles. The number of hydrogen-bond donors (Lipinski definition) is 2. The molecule has 396 valence electrons. The summed E-state index contributed by atoms with van der Waals surface area (Å²) in [7, 11) is -7.23. The van der Waals surface area contributed by atoms with E-state index >= 15 is 0 Å². The number of benzene rings is 4. The Kier molecular flexibility index (Phi) is 79.7. The Bertz CT molecular complexity index is 1880. The minimum atomic E-state index is -4.27. The molecular formula is C41H70K2N6O18S2-10. The summed E-state index contributed by atoms with van der Waals surface area (Å²) >= 11 is 0. The zero-order chi connectivity index (χ0) is 47.3. The minimum absolute atomic E-state index is 0. The predicted molar refractivity (Wildman–Crippen MR) is 255 cm³/mol. The third kappa shape index (κ3) is 55.5. The summed E-state index contributed by atoms with van der Waals surface area (Å²) in [6.45, 7) is 20.4. The van der Waals surface area contributed by atoms with Crippen LogP contribution in [0.25, 0.3) is 28.2 Å². The second-order valence-corrected chi connectivity index (χ2v) is 13.7. The van der Waals surface area contributed by atoms with Gasteiger partial charge in [0.1, 0.15) is 20.2 Å². The molecule has 0 spiro atoms. The van der Waals surface area contributed by atoms with Crippen LogP contribution in [0.2, 0.25) is 0 Å². The van der Waals surface area contributed by atoms with Gasteiger partial charge in [0.15, 0.2) is 0 Å². The molecule has 0 aliphatic heterocycles. The molecular weight excluding hydrogens is 1010 g/mol. The second-order valence-electron chi connectivity index (χ2n) is 11.0. The van der Waals surface area contributed by atoms with E-state index in [-0.39, 0.29) is 161 Å². The topological polar surface area (TPSA) is 349 Å². The van der Waals surface area contributed by atoms with Crippen molar-refractivity contribution in [3.05, 3.63) is 195 Å². The summed E-state index contributed by atoms with van der Waals surface area (Å²) in [6.07, 6.45) is 0. The van der Waals surface area contributed by atoms with E-state index in [2.05, 4.69) is 157 Å². The van der Waals surface area contributed by atoms with Gasteiger partial charge in [-0.25, -0.2) is 22.1 Å². The maximum absolute atomic E-state index is 10.4. The van der Waals surface area contributed by atoms with Gasteiger partial charge in [0.2, 0.25) is 0 Å². The summed E-state index contributed by atoms with van der Waals surface area (Å²) in [5, 5.41) is 21.6. The van der Waals surface area contributed by atoms with Gasteiger partial charge in [-0.05, 0) is 107 Å². The maximum atomic E-state index is 10.4. The van der Waals surface area contributed by atoms with E-state index in [1.165, 1.54) is 64.8 Å². The largest absolute Gasteiger partial charge is 1.00 e. The average Bonchev–Trinajstić information content (AvgIpc) is 3.21. The van der Waals surface area contributed by atoms with Crippen molar-refractivity contribution in [1.82, 2.24) is 0 Å². The molecule has 0 unspecified atom stereocenters. The van der Waals surface area contributed by atoms with Crippen LogP contribution >= 0.6 is 0 Å². The van der Waals surface area contributed by atoms with E-state index in [4.69, 9.17) is 20.6 Å². The Hall–Kier alpha value is -1.67. The predicted octanol–water partition coefficient (Wildman–Crippen LogP) is 5.50. The Morgan fingerprint density at radius 1 is 0.536 bits per heavy atom. The van der Waals surface area contributed by atoms with Gasteiger partial charge >= 0.3 is 103 Å². The summed E-state index contributed by atoms with van der Waals surface area (Å²) in [6, 6.07) is 24.4. The third-order valence-corrected chi connectivity index (χ3v) is 8.30. The van der Waals surface area contributed by atoms with Crippen molar-refractivity contribution in [1.29, 1.82) is 5.26 Å². The van der Waals surface area contributed by atoms with Crippen LogP contribution in [0.5, 0.6) is 0 Å². The van der Waals surface area contributed by atoms with E-state index in [0.29, 0.717) is 6.47 Å². The molecule has 0 amide bonds. The minimum Gasteiger partial charge on any atom is -0.744 e. The second kappa shape index (κ2) is 58.9. The number of carbonyl (C=O) groups excluding carboxylic acids is 1. The molecule has 0 saturated heterocycles. The first-order chi connectivity index (χ1) is 28.7. The number of hydrogen-bond acceptors (Lipinski definition) is 19. The molecule has 4 aromatic carbocycles. The van der Waals surface area contributed by atoms with E-state index < -0.39 is 20.2 Å². The fraction of sp³-hybridized carbons (Fsp3) is 0.244. The summed E-state index contributed by atoms with van der Waals surface area (Å²) < 4.78 is 66.2. The number of rotatable bonds is 15. The van der Waals surface area contributed by atoms with Crippen LogP contribution in [-0.4, -0.2) is 50.0 Å². The van der Waals surface area contributed by atoms with Gasteiger partial charge in [0, 0.05) is 10.9 Å². The first kappa shape index (κ1) is 93.4. The molecule has 0 aromatic heterocycles. The van der Waals surface area contributed by atoms with Crippen LogP contribution in [0.1, 0.15) is 56.2 Å². The fourth-order valence-electron chi connectivity index (χ4n) is 3.48. The van der Waals surface area contributed by atoms with Gasteiger partial charge < -0.3 is 119 Å². The van der Waals surface area contributed by atoms with Crippen molar-refractivity contribution >= 4 is 26.7 Å². The normalized spacial score (nSPS) is 8.86. The van der Waals surface area contributed by atoms with Gasteiger partial charge in [0.05, 0.1) is 16.9 Å². The standard InChI is InChI=1S/C10H14.C8H10.2C7H8O3S.C2H4O2.CHN.CH4.5CH3.2K.H2N5O10.3H2/c1-7-5-8(2)10(4)9(3)6-7;1-7-5-3-4-6-8(7)2;2*1-6-2-4-7(5-3-6)11(8,9)10;1-4-2-3;1-2;;;;;;;;;6-10-4-14-12-2-8-1-9-3-13-15-5-11-7;;;/h5-6H,1-4H3;3-6H,1-2H3;2*2-5H,1H3,(H,8,9,10);2H,1H3;1H;1H4;5*1H3;;;6-7H;3*1H/q;;;;;;;5*-1;2*+1;-5;;;/p-2. The molecule has 0 bridgehead atoms. The molecule has 0 radical (unpaired) electrons. The molecule has 28 heteroatoms. The Balaban J connectivity index is -0.0000000460. The van der Waals surface area contributed by atoms with Crippen molar-refractivity contribution in [3.63, 3.8) is 0 Å². The smallest absolute Gasteiger partial charge is 0.744 e. The number of nitriles is 1. The van der Waals surface area contributed by atoms with Crippen LogP contribution < -0.4 is 103 Å². The van der Waals surface area contributed by atoms with Crippen molar-refractivity contribution in [2.45, 2.75) is 72.6 Å². The Labute approximate surface area is 500 Å². The molecule has 0 aliphatic rings. The molecule has 0 saturated carbocycles. The van der Waals surface area contributed by atoms with Crippen LogP contribution in [0, 0.1) is 104 Å². The van der Waals surface area contributed by atoms with Crippen molar-refractivity contribution in [2.24, 2.45) is 0 Å². The number of aryl methyl sites for hydroxylation is 7. The summed E-state index contributed by atoms with van der Waals surface area (Å²) in [4.78, 5) is 36.4. The van der Waals surface area contributed by atoms with E-state index in [0.717, 1.165) is 11.1 Å². The SMILES string of the molecule is C.C#N.COC=O.Cc1cc(C)c(C)c(C)c1.Cc1ccc(S(=O)(=O)[O-])cc1.Cc1ccc(S(=O)(=O)[O-])cc1.Cc1ccccc1C.OO[N-]OO[N-]O[N-]O[N-]OO[N-]OO.[CH3-].[CH3-].[CH3-].[CH3-].[CH3-].[HH].[HH].[HH].[K+].[K+]. The van der Waals surface area contributed by atoms with Crippen molar-refractivity contribution in [3.8, 4) is 6.57 Å². The molecule has 4 aromatic rings. The third-order valence-electron chi connectivity index (χ3n) is 6.60. The van der Waals surface area contributed by atoms with Crippen LogP contribution in [0.15, 0.2) is 94.7 Å². The Morgan fingerprint density at radius 3 is 1.04 bits per heavy atom. The molecule has 24 nitrogen and oxygen atoms in total. The monoisotopic (exact) mass is 1080 g/mol. The average molecular weight is 1080 g/mol. The molecule has 4 rings (SSSR count). The quantitative estimate of drug-likeness (QED) is 0.0282. The van der Waals surface area contributed by atoms with Crippen molar-refractivity contribution < 1.29 is 193 Å². The fourth-order valence-corrected chi connectivity index (χ4v) is 4.41. The summed E-state index contributed by atoms with van der Waals surface area (Å²) in [5.74, 6) is 0. The zero-order valence-electron chi connectivity index (χ0n) is 41.2. The van der Waals surface area contributed by atoms with E-state index in [9.17, 15) is 25.9 Å². The first-order valence-corrected chi connectivity index (χ1v) is 19.0. The molecule has 0 atom stereocenters. The molecule has 69 heavy (non-hydrogen) atoms. The molecule has 0 heterocycles. The van der Waals surface area contributed by atoms with Crippen LogP contribution in [-0.2, 0) is 69.6 Å². The number of methoxy groups -OCH3 is 1. The first-order valence-electron chi connectivity index (χ1n) is 16.2. The maximum Gasteiger partial charge on any atom is 1.00 e. The van der Waals surface area contributed by atoms with Gasteiger partial charge in [-0.15, -0.1) is 0 Å². The number of ether oxygens (including phenoxy) is 1. The van der Waals surface area contributed by atoms with Crippen LogP contribution in [0.3, 0.4) is 0 Å². The van der Waals surface area contributed by atoms with Gasteiger partial charge in [-0.3, -0.25) is 15.3 Å². The summed E-state index contributed by atoms with van der Waals surface area (Å²) in [5.41, 5.74) is 22.3.